The van der Waals surface area contributed by atoms with Crippen LogP contribution in [0.1, 0.15) is 24.6 Å². The van der Waals surface area contributed by atoms with Gasteiger partial charge in [-0.1, -0.05) is 17.7 Å². The number of aromatic nitrogens is 2. The van der Waals surface area contributed by atoms with E-state index in [4.69, 9.17) is 17.3 Å². The summed E-state index contributed by atoms with van der Waals surface area (Å²) in [6.07, 6.45) is 2.09. The highest BCUT2D eigenvalue weighted by Gasteiger charge is 2.25. The summed E-state index contributed by atoms with van der Waals surface area (Å²) in [5.74, 6) is 0.963. The van der Waals surface area contributed by atoms with Crippen molar-refractivity contribution in [3.63, 3.8) is 0 Å². The quantitative estimate of drug-likeness (QED) is 0.849. The molecule has 1 aliphatic heterocycles. The first kappa shape index (κ1) is 10.3. The van der Waals surface area contributed by atoms with Crippen molar-refractivity contribution in [1.29, 1.82) is 0 Å². The Morgan fingerprint density at radius 2 is 2.44 bits per heavy atom. The number of thiophene rings is 1. The molecular formula is C11H12ClN3S. The zero-order chi connectivity index (χ0) is 11.1. The highest BCUT2D eigenvalue weighted by atomic mass is 35.5. The van der Waals surface area contributed by atoms with Crippen LogP contribution < -0.4 is 5.73 Å². The van der Waals surface area contributed by atoms with Crippen molar-refractivity contribution in [3.8, 4) is 10.7 Å². The van der Waals surface area contributed by atoms with Gasteiger partial charge < -0.3 is 10.3 Å². The fraction of sp³-hybridized carbons (Fsp3) is 0.364. The summed E-state index contributed by atoms with van der Waals surface area (Å²) in [6.45, 7) is 0.968. The molecule has 1 atom stereocenters. The van der Waals surface area contributed by atoms with E-state index in [2.05, 4.69) is 15.6 Å². The lowest BCUT2D eigenvalue weighted by molar-refractivity contribution is 0.466. The van der Waals surface area contributed by atoms with E-state index in [-0.39, 0.29) is 6.04 Å². The van der Waals surface area contributed by atoms with E-state index in [1.54, 1.807) is 11.3 Å². The molecule has 2 aromatic heterocycles. The lowest BCUT2D eigenvalue weighted by Gasteiger charge is -2.22. The first-order chi connectivity index (χ1) is 7.77. The smallest absolute Gasteiger partial charge is 0.152 e. The van der Waals surface area contributed by atoms with E-state index >= 15 is 0 Å². The topological polar surface area (TPSA) is 43.8 Å². The SMILES string of the molecule is NC1CCCn2c(-c3cccs3)nc(Cl)c21. The van der Waals surface area contributed by atoms with E-state index < -0.39 is 0 Å². The number of hydrogen-bond donors (Lipinski definition) is 1. The minimum absolute atomic E-state index is 0.0301. The highest BCUT2D eigenvalue weighted by Crippen LogP contribution is 2.35. The highest BCUT2D eigenvalue weighted by molar-refractivity contribution is 7.13. The van der Waals surface area contributed by atoms with Crippen molar-refractivity contribution >= 4 is 22.9 Å². The van der Waals surface area contributed by atoms with Crippen LogP contribution in [0.25, 0.3) is 10.7 Å². The Hall–Kier alpha value is -0.840. The minimum Gasteiger partial charge on any atom is -0.325 e. The van der Waals surface area contributed by atoms with Gasteiger partial charge in [0.25, 0.3) is 0 Å². The molecule has 5 heteroatoms. The molecule has 0 saturated heterocycles. The fourth-order valence-electron chi connectivity index (χ4n) is 2.22. The Morgan fingerprint density at radius 1 is 1.56 bits per heavy atom. The molecule has 0 fully saturated rings. The summed E-state index contributed by atoms with van der Waals surface area (Å²) in [7, 11) is 0. The number of imidazole rings is 1. The number of nitrogens with zero attached hydrogens (tertiary/aromatic N) is 2. The molecule has 0 bridgehead atoms. The van der Waals surface area contributed by atoms with Crippen molar-refractivity contribution in [2.75, 3.05) is 0 Å². The molecule has 0 aromatic carbocycles. The van der Waals surface area contributed by atoms with Crippen LogP contribution in [0.4, 0.5) is 0 Å². The van der Waals surface area contributed by atoms with Crippen molar-refractivity contribution in [2.24, 2.45) is 5.73 Å². The second kappa shape index (κ2) is 3.87. The van der Waals surface area contributed by atoms with Gasteiger partial charge in [0.2, 0.25) is 0 Å². The molecule has 0 saturated carbocycles. The third kappa shape index (κ3) is 1.49. The van der Waals surface area contributed by atoms with Gasteiger partial charge in [-0.25, -0.2) is 4.98 Å². The Morgan fingerprint density at radius 3 is 3.19 bits per heavy atom. The van der Waals surface area contributed by atoms with Gasteiger partial charge in [-0.2, -0.15) is 0 Å². The predicted octanol–water partition coefficient (Wildman–Crippen LogP) is 3.06. The van der Waals surface area contributed by atoms with E-state index in [0.717, 1.165) is 35.8 Å². The molecule has 1 unspecified atom stereocenters. The number of nitrogens with two attached hydrogens (primary N) is 1. The zero-order valence-corrected chi connectivity index (χ0v) is 10.3. The van der Waals surface area contributed by atoms with Crippen LogP contribution in [0.5, 0.6) is 0 Å². The average Bonchev–Trinajstić information content (AvgIpc) is 2.86. The molecule has 0 aliphatic carbocycles. The molecule has 0 amide bonds. The van der Waals surface area contributed by atoms with Crippen LogP contribution in [0.15, 0.2) is 17.5 Å². The van der Waals surface area contributed by atoms with Gasteiger partial charge in [0, 0.05) is 12.6 Å². The summed E-state index contributed by atoms with van der Waals surface area (Å²) in [5.41, 5.74) is 7.07. The molecular weight excluding hydrogens is 242 g/mol. The average molecular weight is 254 g/mol. The lowest BCUT2D eigenvalue weighted by Crippen LogP contribution is -2.21. The van der Waals surface area contributed by atoms with Gasteiger partial charge >= 0.3 is 0 Å². The number of hydrogen-bond acceptors (Lipinski definition) is 3. The maximum absolute atomic E-state index is 6.17. The number of fused-ring (bicyclic) bond motifs is 1. The van der Waals surface area contributed by atoms with Gasteiger partial charge in [-0.3, -0.25) is 0 Å². The van der Waals surface area contributed by atoms with Crippen LogP contribution >= 0.6 is 22.9 Å². The van der Waals surface area contributed by atoms with Gasteiger partial charge in [0.1, 0.15) is 0 Å². The molecule has 0 radical (unpaired) electrons. The molecule has 2 N–H and O–H groups in total. The molecule has 3 nitrogen and oxygen atoms in total. The van der Waals surface area contributed by atoms with Crippen LogP contribution in [-0.4, -0.2) is 9.55 Å². The van der Waals surface area contributed by atoms with Gasteiger partial charge in [-0.05, 0) is 24.3 Å². The standard InChI is InChI=1S/C11H12ClN3S/c12-10-9-7(13)3-1-5-15(9)11(14-10)8-4-2-6-16-8/h2,4,6-7H,1,3,5,13H2. The van der Waals surface area contributed by atoms with E-state index in [1.807, 2.05) is 11.4 Å². The third-order valence-corrected chi connectivity index (χ3v) is 4.10. The van der Waals surface area contributed by atoms with Crippen LogP contribution in [0.2, 0.25) is 5.15 Å². The molecule has 0 spiro atoms. The van der Waals surface area contributed by atoms with Crippen LogP contribution in [0.3, 0.4) is 0 Å². The van der Waals surface area contributed by atoms with E-state index in [9.17, 15) is 0 Å². The third-order valence-electron chi connectivity index (χ3n) is 2.95. The first-order valence-corrected chi connectivity index (χ1v) is 6.58. The minimum atomic E-state index is 0.0301. The van der Waals surface area contributed by atoms with E-state index in [1.165, 1.54) is 0 Å². The van der Waals surface area contributed by atoms with Crippen LogP contribution in [-0.2, 0) is 6.54 Å². The summed E-state index contributed by atoms with van der Waals surface area (Å²) < 4.78 is 2.17. The summed E-state index contributed by atoms with van der Waals surface area (Å²) in [6, 6.07) is 4.12. The van der Waals surface area contributed by atoms with Crippen molar-refractivity contribution in [1.82, 2.24) is 9.55 Å². The summed E-state index contributed by atoms with van der Waals surface area (Å²) in [5, 5.41) is 2.61. The van der Waals surface area contributed by atoms with Gasteiger partial charge in [0.05, 0.1) is 10.6 Å². The fourth-order valence-corrected chi connectivity index (χ4v) is 3.26. The lowest BCUT2D eigenvalue weighted by atomic mass is 10.1. The molecule has 16 heavy (non-hydrogen) atoms. The Kier molecular flexibility index (Phi) is 2.50. The van der Waals surface area contributed by atoms with Crippen molar-refractivity contribution in [2.45, 2.75) is 25.4 Å². The molecule has 84 valence electrons. The Bertz CT molecular complexity index is 504. The second-order valence-electron chi connectivity index (χ2n) is 3.99. The largest absolute Gasteiger partial charge is 0.325 e. The molecule has 2 aromatic rings. The maximum atomic E-state index is 6.17. The van der Waals surface area contributed by atoms with Crippen molar-refractivity contribution in [3.05, 3.63) is 28.4 Å². The van der Waals surface area contributed by atoms with E-state index in [0.29, 0.717) is 5.15 Å². The first-order valence-electron chi connectivity index (χ1n) is 5.33. The van der Waals surface area contributed by atoms with Crippen LogP contribution in [0, 0.1) is 0 Å². The zero-order valence-electron chi connectivity index (χ0n) is 8.69. The molecule has 3 rings (SSSR count). The second-order valence-corrected chi connectivity index (χ2v) is 5.29. The van der Waals surface area contributed by atoms with Gasteiger partial charge in [-0.15, -0.1) is 11.3 Å². The monoisotopic (exact) mass is 253 g/mol. The molecule has 1 aliphatic rings. The number of rotatable bonds is 1. The predicted molar refractivity (Wildman–Crippen MR) is 66.7 cm³/mol. The van der Waals surface area contributed by atoms with Gasteiger partial charge in [0.15, 0.2) is 11.0 Å². The summed E-state index contributed by atoms with van der Waals surface area (Å²) in [4.78, 5) is 5.60. The Balaban J connectivity index is 2.18. The molecule has 3 heterocycles. The Labute approximate surface area is 103 Å². The number of halogens is 1. The normalized spacial score (nSPS) is 19.8. The van der Waals surface area contributed by atoms with Crippen molar-refractivity contribution < 1.29 is 0 Å². The summed E-state index contributed by atoms with van der Waals surface area (Å²) >= 11 is 7.85. The maximum Gasteiger partial charge on any atom is 0.152 e.